The van der Waals surface area contributed by atoms with Gasteiger partial charge in [0, 0.05) is 13.0 Å². The molecule has 2 atom stereocenters. The molecule has 0 aromatic rings. The van der Waals surface area contributed by atoms with Crippen molar-refractivity contribution in [3.05, 3.63) is 0 Å². The Morgan fingerprint density at radius 1 is 1.05 bits per heavy atom. The lowest BCUT2D eigenvalue weighted by Crippen LogP contribution is -2.28. The van der Waals surface area contributed by atoms with Crippen LogP contribution in [-0.2, 0) is 14.3 Å². The van der Waals surface area contributed by atoms with Crippen molar-refractivity contribution in [3.8, 4) is 0 Å². The highest BCUT2D eigenvalue weighted by Gasteiger charge is 2.19. The fourth-order valence-electron chi connectivity index (χ4n) is 3.06. The molecule has 0 aromatic carbocycles. The number of aldehydes is 1. The molecule has 3 heteroatoms. The molecule has 0 saturated carbocycles. The zero-order chi connectivity index (χ0) is 15.9. The first kappa shape index (κ1) is 19.6. The van der Waals surface area contributed by atoms with Crippen LogP contribution < -0.4 is 0 Å². The van der Waals surface area contributed by atoms with Crippen molar-refractivity contribution >= 4 is 6.29 Å². The van der Waals surface area contributed by atoms with Gasteiger partial charge in [-0.1, -0.05) is 64.7 Å². The van der Waals surface area contributed by atoms with E-state index in [1.54, 1.807) is 0 Å². The van der Waals surface area contributed by atoms with Crippen LogP contribution in [0.5, 0.6) is 0 Å². The fourth-order valence-corrected chi connectivity index (χ4v) is 3.06. The quantitative estimate of drug-likeness (QED) is 0.318. The minimum Gasteiger partial charge on any atom is -0.353 e. The van der Waals surface area contributed by atoms with Crippen LogP contribution in [0.4, 0.5) is 0 Å². The Morgan fingerprint density at radius 2 is 1.73 bits per heavy atom. The monoisotopic (exact) mass is 312 g/mol. The Labute approximate surface area is 137 Å². The molecule has 1 aliphatic rings. The number of carbonyl (C=O) groups excluding carboxylic acids is 1. The molecule has 0 spiro atoms. The van der Waals surface area contributed by atoms with Crippen molar-refractivity contribution in [2.24, 2.45) is 0 Å². The molecule has 22 heavy (non-hydrogen) atoms. The van der Waals surface area contributed by atoms with Gasteiger partial charge in [-0.05, 0) is 25.7 Å². The molecule has 1 rings (SSSR count). The summed E-state index contributed by atoms with van der Waals surface area (Å²) >= 11 is 0. The minimum absolute atomic E-state index is 0.0603. The summed E-state index contributed by atoms with van der Waals surface area (Å²) in [5.74, 6) is 0. The molecular weight excluding hydrogens is 276 g/mol. The van der Waals surface area contributed by atoms with Crippen LogP contribution in [0.1, 0.15) is 96.8 Å². The summed E-state index contributed by atoms with van der Waals surface area (Å²) in [5.41, 5.74) is 0. The third kappa shape index (κ3) is 10.3. The molecule has 0 bridgehead atoms. The second kappa shape index (κ2) is 14.2. The second-order valence-electron chi connectivity index (χ2n) is 6.57. The van der Waals surface area contributed by atoms with E-state index < -0.39 is 0 Å². The average Bonchev–Trinajstić information content (AvgIpc) is 2.54. The molecule has 3 nitrogen and oxygen atoms in total. The van der Waals surface area contributed by atoms with E-state index in [4.69, 9.17) is 9.47 Å². The topological polar surface area (TPSA) is 35.5 Å². The molecule has 1 aliphatic heterocycles. The van der Waals surface area contributed by atoms with Crippen LogP contribution in [0, 0.1) is 0 Å². The highest BCUT2D eigenvalue weighted by molar-refractivity contribution is 5.50. The largest absolute Gasteiger partial charge is 0.353 e. The smallest absolute Gasteiger partial charge is 0.157 e. The van der Waals surface area contributed by atoms with E-state index in [0.29, 0.717) is 6.42 Å². The van der Waals surface area contributed by atoms with Crippen LogP contribution >= 0.6 is 0 Å². The van der Waals surface area contributed by atoms with Crippen molar-refractivity contribution in [1.82, 2.24) is 0 Å². The molecule has 0 aromatic heterocycles. The SMILES string of the molecule is CCCCCCCCCCCC(CC=O)OC1CCCCO1. The first-order chi connectivity index (χ1) is 10.9. The highest BCUT2D eigenvalue weighted by atomic mass is 16.7. The first-order valence-electron chi connectivity index (χ1n) is 9.57. The number of carbonyl (C=O) groups is 1. The number of rotatable bonds is 14. The predicted molar refractivity (Wildman–Crippen MR) is 91.0 cm³/mol. The Bertz CT molecular complexity index is 249. The van der Waals surface area contributed by atoms with Gasteiger partial charge in [0.15, 0.2) is 6.29 Å². The summed E-state index contributed by atoms with van der Waals surface area (Å²) in [6, 6.07) is 0. The Balaban J connectivity index is 1.99. The normalized spacial score (nSPS) is 20.0. The highest BCUT2D eigenvalue weighted by Crippen LogP contribution is 2.19. The van der Waals surface area contributed by atoms with Crippen LogP contribution in [-0.4, -0.2) is 25.3 Å². The maximum absolute atomic E-state index is 10.8. The van der Waals surface area contributed by atoms with Crippen molar-refractivity contribution in [2.75, 3.05) is 6.61 Å². The van der Waals surface area contributed by atoms with Crippen molar-refractivity contribution in [2.45, 2.75) is 109 Å². The third-order valence-corrected chi connectivity index (χ3v) is 4.47. The van der Waals surface area contributed by atoms with Crippen molar-refractivity contribution in [3.63, 3.8) is 0 Å². The van der Waals surface area contributed by atoms with Gasteiger partial charge >= 0.3 is 0 Å². The maximum Gasteiger partial charge on any atom is 0.157 e. The fraction of sp³-hybridized carbons (Fsp3) is 0.947. The minimum atomic E-state index is -0.0720. The van der Waals surface area contributed by atoms with Gasteiger partial charge in [-0.25, -0.2) is 0 Å². The van der Waals surface area contributed by atoms with E-state index in [0.717, 1.165) is 32.2 Å². The van der Waals surface area contributed by atoms with E-state index in [9.17, 15) is 4.79 Å². The Hall–Kier alpha value is -0.410. The van der Waals surface area contributed by atoms with Crippen molar-refractivity contribution in [1.29, 1.82) is 0 Å². The van der Waals surface area contributed by atoms with Gasteiger partial charge in [0.05, 0.1) is 6.10 Å². The van der Waals surface area contributed by atoms with E-state index in [-0.39, 0.29) is 12.4 Å². The number of hydrogen-bond acceptors (Lipinski definition) is 3. The molecular formula is C19H36O3. The molecule has 1 heterocycles. The zero-order valence-electron chi connectivity index (χ0n) is 14.6. The zero-order valence-corrected chi connectivity index (χ0v) is 14.6. The summed E-state index contributed by atoms with van der Waals surface area (Å²) in [5, 5.41) is 0. The lowest BCUT2D eigenvalue weighted by atomic mass is 10.0. The lowest BCUT2D eigenvalue weighted by Gasteiger charge is -2.27. The first-order valence-corrected chi connectivity index (χ1v) is 9.57. The molecule has 1 fully saturated rings. The molecule has 1 saturated heterocycles. The van der Waals surface area contributed by atoms with Gasteiger partial charge in [-0.15, -0.1) is 0 Å². The summed E-state index contributed by atoms with van der Waals surface area (Å²) in [4.78, 5) is 10.8. The number of hydrogen-bond donors (Lipinski definition) is 0. The van der Waals surface area contributed by atoms with Crippen LogP contribution in [0.15, 0.2) is 0 Å². The van der Waals surface area contributed by atoms with Gasteiger partial charge < -0.3 is 14.3 Å². The Kier molecular flexibility index (Phi) is 12.7. The van der Waals surface area contributed by atoms with Crippen molar-refractivity contribution < 1.29 is 14.3 Å². The Morgan fingerprint density at radius 3 is 2.32 bits per heavy atom. The van der Waals surface area contributed by atoms with Gasteiger partial charge in [0.1, 0.15) is 6.29 Å². The summed E-state index contributed by atoms with van der Waals surface area (Å²) in [6.07, 6.45) is 17.7. The third-order valence-electron chi connectivity index (χ3n) is 4.47. The molecule has 0 aliphatic carbocycles. The maximum atomic E-state index is 10.8. The molecule has 2 unspecified atom stereocenters. The summed E-state index contributed by atoms with van der Waals surface area (Å²) in [7, 11) is 0. The molecule has 0 N–H and O–H groups in total. The summed E-state index contributed by atoms with van der Waals surface area (Å²) in [6.45, 7) is 3.06. The van der Waals surface area contributed by atoms with Gasteiger partial charge in [0.25, 0.3) is 0 Å². The van der Waals surface area contributed by atoms with E-state index in [2.05, 4.69) is 6.92 Å². The molecule has 0 amide bonds. The number of ether oxygens (including phenoxy) is 2. The summed E-state index contributed by atoms with van der Waals surface area (Å²) < 4.78 is 11.6. The number of unbranched alkanes of at least 4 members (excludes halogenated alkanes) is 8. The van der Waals surface area contributed by atoms with Crippen LogP contribution in [0.3, 0.4) is 0 Å². The van der Waals surface area contributed by atoms with Crippen LogP contribution in [0.2, 0.25) is 0 Å². The standard InChI is InChI=1S/C19H36O3/c1-2-3-4-5-6-7-8-9-10-13-18(15-16-20)22-19-14-11-12-17-21-19/h16,18-19H,2-15,17H2,1H3. The van der Waals surface area contributed by atoms with Gasteiger partial charge in [-0.3, -0.25) is 0 Å². The molecule has 0 radical (unpaired) electrons. The van der Waals surface area contributed by atoms with E-state index in [1.165, 1.54) is 64.2 Å². The van der Waals surface area contributed by atoms with E-state index in [1.807, 2.05) is 0 Å². The predicted octanol–water partition coefficient (Wildman–Crippen LogP) is 5.41. The van der Waals surface area contributed by atoms with Crippen LogP contribution in [0.25, 0.3) is 0 Å². The second-order valence-corrected chi connectivity index (χ2v) is 6.57. The van der Waals surface area contributed by atoms with Gasteiger partial charge in [-0.2, -0.15) is 0 Å². The molecule has 130 valence electrons. The van der Waals surface area contributed by atoms with Gasteiger partial charge in [0.2, 0.25) is 0 Å². The average molecular weight is 312 g/mol. The van der Waals surface area contributed by atoms with E-state index >= 15 is 0 Å². The lowest BCUT2D eigenvalue weighted by molar-refractivity contribution is -0.190.